The van der Waals surface area contributed by atoms with Gasteiger partial charge in [0.05, 0.1) is 47.1 Å². The lowest BCUT2D eigenvalue weighted by atomic mass is 10.0. The third-order valence-electron chi connectivity index (χ3n) is 8.05. The van der Waals surface area contributed by atoms with Gasteiger partial charge in [-0.1, -0.05) is 35.9 Å². The summed E-state index contributed by atoms with van der Waals surface area (Å²) in [6, 6.07) is 19.9. The summed E-state index contributed by atoms with van der Waals surface area (Å²) in [6.45, 7) is 3.27. The molecule has 0 aliphatic carbocycles. The normalized spacial score (nSPS) is 13.3. The number of benzene rings is 3. The molecule has 47 heavy (non-hydrogen) atoms. The van der Waals surface area contributed by atoms with Crippen LogP contribution in [0, 0.1) is 27.6 Å². The average molecular weight is 765 g/mol. The van der Waals surface area contributed by atoms with Gasteiger partial charge in [0, 0.05) is 29.9 Å². The minimum absolute atomic E-state index is 0.0182. The third-order valence-corrected chi connectivity index (χ3v) is 9.78. The van der Waals surface area contributed by atoms with E-state index in [0.29, 0.717) is 41.0 Å². The molecular weight excluding hydrogens is 734 g/mol. The maximum atomic E-state index is 16.8. The zero-order chi connectivity index (χ0) is 33.2. The summed E-state index contributed by atoms with van der Waals surface area (Å²) < 4.78 is 34.2. The fraction of sp³-hybridized carbons (Fsp3) is 0.229. The number of hydrogen-bond donors (Lipinski definition) is 0. The Hall–Kier alpha value is -4.54. The van der Waals surface area contributed by atoms with E-state index in [1.54, 1.807) is 37.3 Å². The Bertz CT molecular complexity index is 1980. The molecule has 12 heteroatoms. The molecule has 6 rings (SSSR count). The molecule has 2 aliphatic rings. The van der Waals surface area contributed by atoms with Crippen molar-refractivity contribution in [1.29, 1.82) is 5.26 Å². The average Bonchev–Trinajstić information content (AvgIpc) is 3.26. The topological polar surface area (TPSA) is 86.5 Å². The summed E-state index contributed by atoms with van der Waals surface area (Å²) in [7, 11) is 5.08. The van der Waals surface area contributed by atoms with Gasteiger partial charge in [-0.3, -0.25) is 4.99 Å². The lowest BCUT2D eigenvalue weighted by molar-refractivity contribution is 0.368. The fourth-order valence-corrected chi connectivity index (χ4v) is 6.54. The number of nitrogens with zero attached hydrogens (tertiary/aromatic N) is 6. The van der Waals surface area contributed by atoms with E-state index in [2.05, 4.69) is 33.6 Å². The third kappa shape index (κ3) is 6.27. The molecule has 0 unspecified atom stereocenters. The molecule has 1 aromatic heterocycles. The van der Waals surface area contributed by atoms with Crippen LogP contribution in [-0.4, -0.2) is 49.3 Å². The number of anilines is 1. The molecule has 4 aromatic rings. The molecule has 0 amide bonds. The number of pyridine rings is 1. The van der Waals surface area contributed by atoms with Crippen molar-refractivity contribution in [3.63, 3.8) is 0 Å². The van der Waals surface area contributed by atoms with Crippen LogP contribution in [0.4, 0.5) is 10.2 Å². The van der Waals surface area contributed by atoms with Crippen LogP contribution in [0.2, 0.25) is 5.02 Å². The molecule has 0 saturated heterocycles. The molecule has 0 radical (unpaired) electrons. The van der Waals surface area contributed by atoms with Crippen molar-refractivity contribution >= 4 is 45.8 Å². The highest BCUT2D eigenvalue weighted by Gasteiger charge is 2.30. The molecule has 0 saturated carbocycles. The van der Waals surface area contributed by atoms with E-state index in [0.717, 1.165) is 31.8 Å². The van der Waals surface area contributed by atoms with Gasteiger partial charge in [-0.2, -0.15) is 5.26 Å². The van der Waals surface area contributed by atoms with Crippen LogP contribution in [0.5, 0.6) is 17.2 Å². The fourth-order valence-electron chi connectivity index (χ4n) is 5.67. The van der Waals surface area contributed by atoms with Gasteiger partial charge in [-0.15, -0.1) is 0 Å². The summed E-state index contributed by atoms with van der Waals surface area (Å²) in [5.74, 6) is 2.10. The van der Waals surface area contributed by atoms with Crippen molar-refractivity contribution < 1.29 is 18.6 Å². The molecule has 3 heterocycles. The molecule has 0 spiro atoms. The summed E-state index contributed by atoms with van der Waals surface area (Å²) >= 11 is 9.27. The highest BCUT2D eigenvalue weighted by atomic mass is 127. The Morgan fingerprint density at radius 3 is 2.26 bits per heavy atom. The number of rotatable bonds is 9. The summed E-state index contributed by atoms with van der Waals surface area (Å²) in [5, 5.41) is 10.4. The van der Waals surface area contributed by atoms with Gasteiger partial charge in [0.25, 0.3) is 0 Å². The molecule has 9 nitrogen and oxygen atoms in total. The molecule has 0 N–H and O–H groups in total. The Morgan fingerprint density at radius 1 is 1.06 bits per heavy atom. The standard InChI is InChI=1S/C35H31ClFIN6O3/c1-21-17-26(44(18-22-5-9-24(45-3)10-6-22)19-23-7-11-25(46-4)12-8-23)41-33(31(21)38)27-29(36)32-28-34(30(27)37)47-16-15-42(2)35(28)43(14-13-39)20-40-32/h5-12,15-17H,14,18-20H2,1-4H3. The summed E-state index contributed by atoms with van der Waals surface area (Å²) in [4.78, 5) is 15.5. The molecular formula is C35H31ClFIN6O3. The molecule has 240 valence electrons. The second kappa shape index (κ2) is 13.7. The molecule has 2 aliphatic heterocycles. The van der Waals surface area contributed by atoms with Crippen LogP contribution in [0.1, 0.15) is 16.7 Å². The van der Waals surface area contributed by atoms with Crippen LogP contribution >= 0.6 is 34.2 Å². The van der Waals surface area contributed by atoms with Crippen molar-refractivity contribution in [3.05, 3.63) is 109 Å². The number of aryl methyl sites for hydroxylation is 1. The molecule has 0 atom stereocenters. The van der Waals surface area contributed by atoms with E-state index in [1.807, 2.05) is 61.5 Å². The quantitative estimate of drug-likeness (QED) is 0.153. The van der Waals surface area contributed by atoms with E-state index in [4.69, 9.17) is 35.8 Å². The highest BCUT2D eigenvalue weighted by Crippen LogP contribution is 2.38. The van der Waals surface area contributed by atoms with Gasteiger partial charge in [0.2, 0.25) is 0 Å². The van der Waals surface area contributed by atoms with Gasteiger partial charge >= 0.3 is 0 Å². The first-order valence-corrected chi connectivity index (χ1v) is 16.2. The van der Waals surface area contributed by atoms with Gasteiger partial charge in [0.1, 0.15) is 42.6 Å². The van der Waals surface area contributed by atoms with Gasteiger partial charge in [-0.05, 0) is 76.5 Å². The summed E-state index contributed by atoms with van der Waals surface area (Å²) in [6.07, 6.45) is 3.09. The van der Waals surface area contributed by atoms with Crippen molar-refractivity contribution in [3.8, 4) is 34.6 Å². The van der Waals surface area contributed by atoms with Crippen LogP contribution in [0.15, 0.2) is 72.1 Å². The SMILES string of the molecule is COc1ccc(CN(Cc2ccc(OC)cc2)c2cc(C)c(I)c(-c3c(F)c4c5c(c3Cl)=NCN(CC#N)C=5N(C)C=CO4)n2)cc1. The Morgan fingerprint density at radius 2 is 1.68 bits per heavy atom. The second-order valence-corrected chi connectivity index (χ2v) is 12.5. The Labute approximate surface area is 290 Å². The van der Waals surface area contributed by atoms with Gasteiger partial charge < -0.3 is 28.9 Å². The molecule has 0 bridgehead atoms. The monoisotopic (exact) mass is 764 g/mol. The van der Waals surface area contributed by atoms with Crippen molar-refractivity contribution in [1.82, 2.24) is 14.8 Å². The maximum absolute atomic E-state index is 16.8. The first-order chi connectivity index (χ1) is 22.7. The predicted molar refractivity (Wildman–Crippen MR) is 187 cm³/mol. The van der Waals surface area contributed by atoms with Gasteiger partial charge in [0.15, 0.2) is 11.6 Å². The van der Waals surface area contributed by atoms with Crippen LogP contribution in [0.3, 0.4) is 0 Å². The number of hydrogen-bond acceptors (Lipinski definition) is 9. The molecule has 3 aromatic carbocycles. The van der Waals surface area contributed by atoms with E-state index in [-0.39, 0.29) is 29.5 Å². The first-order valence-electron chi connectivity index (χ1n) is 14.7. The Balaban J connectivity index is 1.52. The number of aromatic nitrogens is 1. The number of nitriles is 1. The van der Waals surface area contributed by atoms with E-state index in [9.17, 15) is 5.26 Å². The Kier molecular flexibility index (Phi) is 9.42. The lowest BCUT2D eigenvalue weighted by Gasteiger charge is -2.30. The number of halogens is 3. The van der Waals surface area contributed by atoms with Crippen molar-refractivity contribution in [2.45, 2.75) is 20.0 Å². The second-order valence-electron chi connectivity index (χ2n) is 11.1. The van der Waals surface area contributed by atoms with Crippen LogP contribution in [-0.2, 0) is 13.1 Å². The van der Waals surface area contributed by atoms with E-state index in [1.165, 1.54) is 6.26 Å². The molecule has 0 fully saturated rings. The minimum Gasteiger partial charge on any atom is -0.497 e. The van der Waals surface area contributed by atoms with Crippen molar-refractivity contribution in [2.75, 3.05) is 39.4 Å². The highest BCUT2D eigenvalue weighted by molar-refractivity contribution is 14.1. The van der Waals surface area contributed by atoms with E-state index >= 15 is 4.39 Å². The smallest absolute Gasteiger partial charge is 0.177 e. The maximum Gasteiger partial charge on any atom is 0.177 e. The van der Waals surface area contributed by atoms with E-state index < -0.39 is 5.82 Å². The minimum atomic E-state index is -0.654. The van der Waals surface area contributed by atoms with Crippen LogP contribution < -0.4 is 29.7 Å². The lowest BCUT2D eigenvalue weighted by Crippen LogP contribution is -2.46. The predicted octanol–water partition coefficient (Wildman–Crippen LogP) is 5.96. The van der Waals surface area contributed by atoms with Crippen molar-refractivity contribution in [2.24, 2.45) is 4.99 Å². The van der Waals surface area contributed by atoms with Gasteiger partial charge in [-0.25, -0.2) is 9.37 Å². The number of methoxy groups -OCH3 is 2. The summed E-state index contributed by atoms with van der Waals surface area (Å²) in [5.41, 5.74) is 3.50. The number of ether oxygens (including phenoxy) is 3. The largest absolute Gasteiger partial charge is 0.497 e. The first kappa shape index (κ1) is 32.4. The zero-order valence-corrected chi connectivity index (χ0v) is 29.1. The zero-order valence-electron chi connectivity index (χ0n) is 26.2. The van der Waals surface area contributed by atoms with Crippen LogP contribution in [0.25, 0.3) is 17.1 Å².